The van der Waals surface area contributed by atoms with Crippen molar-refractivity contribution in [2.75, 3.05) is 13.2 Å². The normalized spacial score (nSPS) is 10.6. The minimum Gasteiger partial charge on any atom is -0.494 e. The molecule has 114 valence electrons. The summed E-state index contributed by atoms with van der Waals surface area (Å²) < 4.78 is 5.63. The van der Waals surface area contributed by atoms with Gasteiger partial charge in [0.25, 0.3) is 0 Å². The first-order chi connectivity index (χ1) is 10.7. The van der Waals surface area contributed by atoms with E-state index in [1.54, 1.807) is 12.2 Å². The van der Waals surface area contributed by atoms with Crippen molar-refractivity contribution in [3.8, 4) is 5.75 Å². The van der Waals surface area contributed by atoms with Crippen LogP contribution >= 0.6 is 0 Å². The smallest absolute Gasteiger partial charge is 0.244 e. The molecular weight excluding hydrogens is 274 g/mol. The van der Waals surface area contributed by atoms with E-state index in [2.05, 4.69) is 5.32 Å². The van der Waals surface area contributed by atoms with Crippen LogP contribution in [0.15, 0.2) is 60.7 Å². The number of rotatable bonds is 7. The number of ether oxygens (including phenoxy) is 1. The quantitative estimate of drug-likeness (QED) is 0.626. The molecule has 0 radical (unpaired) electrons. The zero-order chi connectivity index (χ0) is 15.6. The van der Waals surface area contributed by atoms with Gasteiger partial charge in [-0.2, -0.15) is 0 Å². The Balaban J connectivity index is 1.62. The van der Waals surface area contributed by atoms with Gasteiger partial charge in [0.1, 0.15) is 5.75 Å². The largest absolute Gasteiger partial charge is 0.494 e. The van der Waals surface area contributed by atoms with E-state index in [0.29, 0.717) is 13.2 Å². The van der Waals surface area contributed by atoms with E-state index in [1.807, 2.05) is 61.5 Å². The summed E-state index contributed by atoms with van der Waals surface area (Å²) in [7, 11) is 0. The van der Waals surface area contributed by atoms with Gasteiger partial charge < -0.3 is 10.1 Å². The molecule has 3 heteroatoms. The summed E-state index contributed by atoms with van der Waals surface area (Å²) in [5.74, 6) is 0.787. The molecule has 0 aliphatic heterocycles. The van der Waals surface area contributed by atoms with Crippen molar-refractivity contribution in [2.24, 2.45) is 0 Å². The third kappa shape index (κ3) is 5.83. The number of nitrogens with one attached hydrogen (secondary N) is 1. The van der Waals surface area contributed by atoms with Crippen LogP contribution in [-0.2, 0) is 4.79 Å². The molecule has 3 nitrogen and oxygen atoms in total. The highest BCUT2D eigenvalue weighted by molar-refractivity contribution is 5.91. The second-order valence-corrected chi connectivity index (χ2v) is 5.05. The molecule has 0 heterocycles. The van der Waals surface area contributed by atoms with E-state index in [9.17, 15) is 4.79 Å². The molecule has 0 aromatic heterocycles. The van der Waals surface area contributed by atoms with Gasteiger partial charge in [-0.05, 0) is 42.7 Å². The lowest BCUT2D eigenvalue weighted by molar-refractivity contribution is -0.116. The van der Waals surface area contributed by atoms with Gasteiger partial charge in [0, 0.05) is 12.6 Å². The molecule has 2 rings (SSSR count). The van der Waals surface area contributed by atoms with Crippen molar-refractivity contribution in [3.63, 3.8) is 0 Å². The Morgan fingerprint density at radius 2 is 1.95 bits per heavy atom. The summed E-state index contributed by atoms with van der Waals surface area (Å²) in [4.78, 5) is 11.7. The van der Waals surface area contributed by atoms with E-state index in [4.69, 9.17) is 4.74 Å². The first-order valence-corrected chi connectivity index (χ1v) is 7.44. The van der Waals surface area contributed by atoms with E-state index < -0.39 is 0 Å². The van der Waals surface area contributed by atoms with Gasteiger partial charge in [0.2, 0.25) is 5.91 Å². The first-order valence-electron chi connectivity index (χ1n) is 7.44. The van der Waals surface area contributed by atoms with Crippen LogP contribution in [0.1, 0.15) is 17.5 Å². The number of benzene rings is 2. The van der Waals surface area contributed by atoms with Crippen LogP contribution < -0.4 is 10.1 Å². The second kappa shape index (κ2) is 8.67. The van der Waals surface area contributed by atoms with Crippen molar-refractivity contribution in [2.45, 2.75) is 13.3 Å². The zero-order valence-electron chi connectivity index (χ0n) is 12.8. The number of hydrogen-bond donors (Lipinski definition) is 1. The molecule has 0 saturated heterocycles. The Bertz CT molecular complexity index is 620. The van der Waals surface area contributed by atoms with E-state index in [1.165, 1.54) is 5.56 Å². The lowest BCUT2D eigenvalue weighted by atomic mass is 10.2. The summed E-state index contributed by atoms with van der Waals surface area (Å²) in [5.41, 5.74) is 2.19. The molecule has 0 spiro atoms. The Morgan fingerprint density at radius 3 is 2.73 bits per heavy atom. The highest BCUT2D eigenvalue weighted by atomic mass is 16.5. The molecule has 1 amide bonds. The van der Waals surface area contributed by atoms with Crippen molar-refractivity contribution in [1.82, 2.24) is 5.32 Å². The van der Waals surface area contributed by atoms with Gasteiger partial charge in [0.15, 0.2) is 0 Å². The fraction of sp³-hybridized carbons (Fsp3) is 0.211. The summed E-state index contributed by atoms with van der Waals surface area (Å²) in [6, 6.07) is 17.7. The predicted molar refractivity (Wildman–Crippen MR) is 89.8 cm³/mol. The van der Waals surface area contributed by atoms with Crippen molar-refractivity contribution in [3.05, 3.63) is 71.8 Å². The fourth-order valence-electron chi connectivity index (χ4n) is 1.97. The van der Waals surface area contributed by atoms with Gasteiger partial charge in [-0.15, -0.1) is 0 Å². The molecule has 2 aromatic carbocycles. The van der Waals surface area contributed by atoms with Crippen LogP contribution in [-0.4, -0.2) is 19.1 Å². The third-order valence-electron chi connectivity index (χ3n) is 3.11. The maximum Gasteiger partial charge on any atom is 0.244 e. The van der Waals surface area contributed by atoms with Gasteiger partial charge in [0.05, 0.1) is 6.61 Å². The van der Waals surface area contributed by atoms with Gasteiger partial charge in [-0.3, -0.25) is 4.79 Å². The van der Waals surface area contributed by atoms with Crippen LogP contribution in [0.25, 0.3) is 6.08 Å². The number of amides is 1. The van der Waals surface area contributed by atoms with E-state index in [-0.39, 0.29) is 5.91 Å². The van der Waals surface area contributed by atoms with Crippen LogP contribution in [0.3, 0.4) is 0 Å². The minimum atomic E-state index is -0.0839. The molecule has 0 unspecified atom stereocenters. The molecule has 0 atom stereocenters. The van der Waals surface area contributed by atoms with Gasteiger partial charge in [-0.1, -0.05) is 42.5 Å². The highest BCUT2D eigenvalue weighted by Gasteiger charge is 1.97. The molecule has 0 aliphatic carbocycles. The second-order valence-electron chi connectivity index (χ2n) is 5.05. The monoisotopic (exact) mass is 295 g/mol. The topological polar surface area (TPSA) is 38.3 Å². The van der Waals surface area contributed by atoms with Crippen LogP contribution in [0.5, 0.6) is 5.75 Å². The third-order valence-corrected chi connectivity index (χ3v) is 3.11. The minimum absolute atomic E-state index is 0.0839. The summed E-state index contributed by atoms with van der Waals surface area (Å²) in [5, 5.41) is 2.84. The molecule has 2 aromatic rings. The Kier molecular flexibility index (Phi) is 6.24. The molecular formula is C19H21NO2. The maximum absolute atomic E-state index is 11.7. The first kappa shape index (κ1) is 15.8. The maximum atomic E-state index is 11.7. The average Bonchev–Trinajstić information content (AvgIpc) is 2.54. The fourth-order valence-corrected chi connectivity index (χ4v) is 1.97. The SMILES string of the molecule is Cc1cccc(OCCCNC(=O)/C=C/c2ccccc2)c1. The Hall–Kier alpha value is -2.55. The van der Waals surface area contributed by atoms with Crippen molar-refractivity contribution in [1.29, 1.82) is 0 Å². The summed E-state index contributed by atoms with van der Waals surface area (Å²) >= 11 is 0. The lowest BCUT2D eigenvalue weighted by Crippen LogP contribution is -2.23. The molecule has 0 saturated carbocycles. The average molecular weight is 295 g/mol. The molecule has 1 N–H and O–H groups in total. The predicted octanol–water partition coefficient (Wildman–Crippen LogP) is 3.59. The number of carbonyl (C=O) groups is 1. The number of aryl methyl sites for hydroxylation is 1. The standard InChI is InChI=1S/C19H21NO2/c1-16-7-5-10-18(15-16)22-14-6-13-20-19(21)12-11-17-8-3-2-4-9-17/h2-5,7-12,15H,6,13-14H2,1H3,(H,20,21)/b12-11+. The van der Waals surface area contributed by atoms with Crippen molar-refractivity contribution >= 4 is 12.0 Å². The molecule has 0 bridgehead atoms. The number of carbonyl (C=O) groups excluding carboxylic acids is 1. The molecule has 0 aliphatic rings. The molecule has 0 fully saturated rings. The zero-order valence-corrected chi connectivity index (χ0v) is 12.8. The van der Waals surface area contributed by atoms with Crippen LogP contribution in [0.4, 0.5) is 0 Å². The van der Waals surface area contributed by atoms with Crippen molar-refractivity contribution < 1.29 is 9.53 Å². The Morgan fingerprint density at radius 1 is 1.14 bits per heavy atom. The van der Waals surface area contributed by atoms with Gasteiger partial charge >= 0.3 is 0 Å². The van der Waals surface area contributed by atoms with Crippen LogP contribution in [0.2, 0.25) is 0 Å². The van der Waals surface area contributed by atoms with Gasteiger partial charge in [-0.25, -0.2) is 0 Å². The lowest BCUT2D eigenvalue weighted by Gasteiger charge is -2.07. The summed E-state index contributed by atoms with van der Waals surface area (Å²) in [6.07, 6.45) is 4.13. The number of hydrogen-bond acceptors (Lipinski definition) is 2. The van der Waals surface area contributed by atoms with Crippen LogP contribution in [0, 0.1) is 6.92 Å². The van der Waals surface area contributed by atoms with E-state index in [0.717, 1.165) is 17.7 Å². The highest BCUT2D eigenvalue weighted by Crippen LogP contribution is 2.12. The Labute approximate surface area is 131 Å². The van der Waals surface area contributed by atoms with E-state index >= 15 is 0 Å². The molecule has 22 heavy (non-hydrogen) atoms. The summed E-state index contributed by atoms with van der Waals surface area (Å²) in [6.45, 7) is 3.22.